The smallest absolute Gasteiger partial charge is 0.177 e. The second kappa shape index (κ2) is 8.01. The van der Waals surface area contributed by atoms with Crippen LogP contribution in [0.2, 0.25) is 0 Å². The highest BCUT2D eigenvalue weighted by molar-refractivity contribution is 6.00. The van der Waals surface area contributed by atoms with Crippen molar-refractivity contribution in [3.63, 3.8) is 0 Å². The van der Waals surface area contributed by atoms with Crippen LogP contribution in [0.3, 0.4) is 0 Å². The Morgan fingerprint density at radius 2 is 0.972 bits per heavy atom. The van der Waals surface area contributed by atoms with Gasteiger partial charge in [-0.15, -0.1) is 0 Å². The van der Waals surface area contributed by atoms with Crippen LogP contribution < -0.4 is 0 Å². The molecule has 1 saturated carbocycles. The van der Waals surface area contributed by atoms with Gasteiger partial charge in [0.25, 0.3) is 0 Å². The molecule has 4 atom stereocenters. The zero-order valence-corrected chi connectivity index (χ0v) is 20.1. The Hall–Kier alpha value is -4.01. The summed E-state index contributed by atoms with van der Waals surface area (Å²) in [5.74, 6) is -0.480. The van der Waals surface area contributed by atoms with Crippen LogP contribution in [-0.2, 0) is 15.1 Å². The number of ketones is 1. The van der Waals surface area contributed by atoms with Crippen molar-refractivity contribution in [3.05, 3.63) is 142 Å². The minimum absolute atomic E-state index is 0.0789. The number of rotatable bonds is 1. The first-order valence-electron chi connectivity index (χ1n) is 12.5. The maximum atomic E-state index is 14.8. The third kappa shape index (κ3) is 3.04. The molecule has 0 amide bonds. The molecule has 1 fully saturated rings. The zero-order chi connectivity index (χ0) is 24.3. The number of benzene rings is 4. The molecule has 0 saturated heterocycles. The topological polar surface area (TPSA) is 26.3 Å². The number of Topliss-reactive ketones (excluding diaryl/α,β-unsaturated/α-hetero) is 1. The average Bonchev–Trinajstić information content (AvgIpc) is 3.18. The summed E-state index contributed by atoms with van der Waals surface area (Å²) < 4.78 is 6.44. The Kier molecular flexibility index (Phi) is 4.74. The molecule has 13 rings (SSSR count). The number of carbonyl (C=O) groups is 1. The van der Waals surface area contributed by atoms with E-state index >= 15 is 0 Å². The summed E-state index contributed by atoms with van der Waals surface area (Å²) in [5.41, 5.74) is 7.63. The van der Waals surface area contributed by atoms with Gasteiger partial charge in [0.1, 0.15) is 0 Å². The predicted molar refractivity (Wildman–Crippen MR) is 146 cm³/mol. The Balaban J connectivity index is 1.57. The number of hydrogen-bond acceptors (Lipinski definition) is 2. The van der Waals surface area contributed by atoms with Crippen molar-refractivity contribution < 1.29 is 9.53 Å². The van der Waals surface area contributed by atoms with E-state index in [1.54, 1.807) is 7.11 Å². The second-order valence-corrected chi connectivity index (χ2v) is 10.1. The van der Waals surface area contributed by atoms with Gasteiger partial charge in [-0.05, 0) is 44.5 Å². The Labute approximate surface area is 211 Å². The molecule has 0 N–H and O–H groups in total. The van der Waals surface area contributed by atoms with E-state index in [0.717, 1.165) is 44.5 Å². The van der Waals surface area contributed by atoms with Crippen molar-refractivity contribution in [3.8, 4) is 0 Å². The minimum Gasteiger partial charge on any atom is -0.365 e. The van der Waals surface area contributed by atoms with E-state index in [0.29, 0.717) is 0 Å². The van der Waals surface area contributed by atoms with Crippen LogP contribution in [0.25, 0.3) is 24.3 Å². The molecular formula is C34H26O2. The highest BCUT2D eigenvalue weighted by Crippen LogP contribution is 2.62. The summed E-state index contributed by atoms with van der Waals surface area (Å²) >= 11 is 0. The normalized spacial score (nSPS) is 26.0. The molecule has 9 aliphatic rings. The largest absolute Gasteiger partial charge is 0.365 e. The van der Waals surface area contributed by atoms with Gasteiger partial charge in [-0.25, -0.2) is 0 Å². The van der Waals surface area contributed by atoms with Crippen molar-refractivity contribution in [1.29, 1.82) is 0 Å². The summed E-state index contributed by atoms with van der Waals surface area (Å²) in [4.78, 5) is 14.8. The van der Waals surface area contributed by atoms with Gasteiger partial charge in [0, 0.05) is 18.9 Å². The minimum atomic E-state index is -1.10. The fourth-order valence-corrected chi connectivity index (χ4v) is 6.53. The molecule has 2 nitrogen and oxygen atoms in total. The molecule has 8 bridgehead atoms. The lowest BCUT2D eigenvalue weighted by Crippen LogP contribution is -2.39. The number of methoxy groups -OCH3 is 1. The first-order chi connectivity index (χ1) is 17.7. The molecule has 0 spiro atoms. The molecule has 36 heavy (non-hydrogen) atoms. The van der Waals surface area contributed by atoms with Gasteiger partial charge >= 0.3 is 0 Å². The van der Waals surface area contributed by atoms with Gasteiger partial charge in [-0.1, -0.05) is 121 Å². The second-order valence-electron chi connectivity index (χ2n) is 10.1. The maximum Gasteiger partial charge on any atom is 0.177 e. The molecule has 4 aromatic rings. The van der Waals surface area contributed by atoms with E-state index in [1.807, 2.05) is 0 Å². The van der Waals surface area contributed by atoms with Crippen LogP contribution in [-0.4, -0.2) is 12.9 Å². The van der Waals surface area contributed by atoms with Crippen molar-refractivity contribution in [2.75, 3.05) is 7.11 Å². The quantitative estimate of drug-likeness (QED) is 0.292. The number of ether oxygens (including phenoxy) is 1. The van der Waals surface area contributed by atoms with E-state index in [-0.39, 0.29) is 23.5 Å². The molecule has 0 aromatic heterocycles. The Morgan fingerprint density at radius 3 is 1.44 bits per heavy atom. The summed E-state index contributed by atoms with van der Waals surface area (Å²) in [6, 6.07) is 34.2. The summed E-state index contributed by atoms with van der Waals surface area (Å²) in [5, 5.41) is 0. The Bertz CT molecular complexity index is 1510. The van der Waals surface area contributed by atoms with Crippen LogP contribution in [0, 0.1) is 0 Å². The molecule has 4 aromatic carbocycles. The van der Waals surface area contributed by atoms with Crippen LogP contribution in [0.5, 0.6) is 0 Å². The maximum absolute atomic E-state index is 14.8. The van der Waals surface area contributed by atoms with E-state index in [2.05, 4.69) is 121 Å². The average molecular weight is 467 g/mol. The van der Waals surface area contributed by atoms with Crippen molar-refractivity contribution in [2.45, 2.75) is 23.4 Å². The number of carbonyl (C=O) groups excluding carboxylic acids is 1. The zero-order valence-electron chi connectivity index (χ0n) is 20.1. The highest BCUT2D eigenvalue weighted by atomic mass is 16.5. The molecule has 0 aliphatic heterocycles. The molecule has 9 aliphatic carbocycles. The summed E-state index contributed by atoms with van der Waals surface area (Å²) in [6.45, 7) is 0. The van der Waals surface area contributed by atoms with Gasteiger partial charge < -0.3 is 4.74 Å². The van der Waals surface area contributed by atoms with E-state index in [1.165, 1.54) is 0 Å². The van der Waals surface area contributed by atoms with Gasteiger partial charge in [-0.2, -0.15) is 0 Å². The first-order valence-corrected chi connectivity index (χ1v) is 12.5. The van der Waals surface area contributed by atoms with E-state index < -0.39 is 5.60 Å². The molecule has 174 valence electrons. The van der Waals surface area contributed by atoms with Crippen molar-refractivity contribution >= 4 is 30.1 Å². The summed E-state index contributed by atoms with van der Waals surface area (Å²) in [7, 11) is 1.70. The van der Waals surface area contributed by atoms with Crippen LogP contribution in [0.15, 0.2) is 97.1 Å². The molecule has 0 radical (unpaired) electrons. The van der Waals surface area contributed by atoms with Crippen LogP contribution >= 0.6 is 0 Å². The molecule has 0 heterocycles. The SMILES string of the molecule is COC12C(=O)C3c4ccc(cc4)/C=C\c4ccc(cc4)C3C1c1ccc(cc1)C=Cc1ccc2cc1. The van der Waals surface area contributed by atoms with Crippen molar-refractivity contribution in [1.82, 2.24) is 0 Å². The van der Waals surface area contributed by atoms with Gasteiger partial charge in [0.05, 0.1) is 5.92 Å². The van der Waals surface area contributed by atoms with Gasteiger partial charge in [0.2, 0.25) is 0 Å². The lowest BCUT2D eigenvalue weighted by atomic mass is 9.72. The van der Waals surface area contributed by atoms with Crippen LogP contribution in [0.4, 0.5) is 0 Å². The lowest BCUT2D eigenvalue weighted by molar-refractivity contribution is -0.140. The van der Waals surface area contributed by atoms with Crippen molar-refractivity contribution in [2.24, 2.45) is 0 Å². The van der Waals surface area contributed by atoms with E-state index in [9.17, 15) is 4.79 Å². The van der Waals surface area contributed by atoms with E-state index in [4.69, 9.17) is 4.74 Å². The Morgan fingerprint density at radius 1 is 0.556 bits per heavy atom. The van der Waals surface area contributed by atoms with Gasteiger partial charge in [-0.3, -0.25) is 4.79 Å². The third-order valence-electron chi connectivity index (χ3n) is 8.32. The predicted octanol–water partition coefficient (Wildman–Crippen LogP) is 7.43. The van der Waals surface area contributed by atoms with Gasteiger partial charge in [0.15, 0.2) is 11.4 Å². The van der Waals surface area contributed by atoms with Crippen LogP contribution in [0.1, 0.15) is 62.3 Å². The highest BCUT2D eigenvalue weighted by Gasteiger charge is 2.62. The number of hydrogen-bond donors (Lipinski definition) is 0. The summed E-state index contributed by atoms with van der Waals surface area (Å²) in [6.07, 6.45) is 8.50. The fourth-order valence-electron chi connectivity index (χ4n) is 6.53. The molecule has 4 unspecified atom stereocenters. The molecular weight excluding hydrogens is 440 g/mol. The standard InChI is InChI=1S/C34H26O2/c1-36-34-29-20-12-25(13-21-29)5-4-24-10-18-28(19-11-24)32(34)30-26-14-6-22(7-15-26)2-3-23-8-16-27(17-9-23)31(30)33(34)35/h2-21,30-32H,1H3/b3-2-,5-4?. The fraction of sp³-hybridized carbons (Fsp3) is 0.147. The molecule has 2 heteroatoms. The lowest BCUT2D eigenvalue weighted by Gasteiger charge is -2.36. The monoisotopic (exact) mass is 466 g/mol. The third-order valence-corrected chi connectivity index (χ3v) is 8.32. The first kappa shape index (κ1) is 21.3.